The quantitative estimate of drug-likeness (QED) is 0.708. The Balaban J connectivity index is 1.81. The van der Waals surface area contributed by atoms with Gasteiger partial charge in [0.05, 0.1) is 6.61 Å². The summed E-state index contributed by atoms with van der Waals surface area (Å²) in [6.07, 6.45) is 5.35. The van der Waals surface area contributed by atoms with Crippen LogP contribution in [0.15, 0.2) is 0 Å². The fourth-order valence-corrected chi connectivity index (χ4v) is 2.61. The van der Waals surface area contributed by atoms with E-state index in [9.17, 15) is 4.79 Å². The summed E-state index contributed by atoms with van der Waals surface area (Å²) in [4.78, 5) is 14.0. The highest BCUT2D eigenvalue weighted by Crippen LogP contribution is 2.22. The van der Waals surface area contributed by atoms with Crippen LogP contribution in [0.1, 0.15) is 32.1 Å². The Morgan fingerprint density at radius 3 is 2.93 bits per heavy atom. The van der Waals surface area contributed by atoms with Crippen molar-refractivity contribution in [3.8, 4) is 0 Å². The van der Waals surface area contributed by atoms with Crippen LogP contribution in [0.5, 0.6) is 0 Å². The fourth-order valence-electron chi connectivity index (χ4n) is 2.61. The van der Waals surface area contributed by atoms with Crippen molar-refractivity contribution in [1.82, 2.24) is 4.90 Å². The van der Waals surface area contributed by atoms with Gasteiger partial charge < -0.3 is 9.64 Å². The maximum atomic E-state index is 11.7. The Morgan fingerprint density at radius 2 is 2.27 bits per heavy atom. The SMILES string of the molecule is CN(CC1CCCCC1=O)C1CCOC1. The second kappa shape index (κ2) is 5.08. The van der Waals surface area contributed by atoms with Crippen LogP contribution in [-0.4, -0.2) is 43.5 Å². The zero-order chi connectivity index (χ0) is 10.7. The molecule has 0 aromatic rings. The van der Waals surface area contributed by atoms with Crippen LogP contribution < -0.4 is 0 Å². The third kappa shape index (κ3) is 2.79. The molecule has 3 nitrogen and oxygen atoms in total. The monoisotopic (exact) mass is 211 g/mol. The minimum Gasteiger partial charge on any atom is -0.380 e. The average Bonchev–Trinajstić information content (AvgIpc) is 2.74. The van der Waals surface area contributed by atoms with Crippen molar-refractivity contribution in [3.05, 3.63) is 0 Å². The maximum Gasteiger partial charge on any atom is 0.137 e. The van der Waals surface area contributed by atoms with E-state index < -0.39 is 0 Å². The Hall–Kier alpha value is -0.410. The first-order valence-corrected chi connectivity index (χ1v) is 6.08. The van der Waals surface area contributed by atoms with Crippen LogP contribution in [0.2, 0.25) is 0 Å². The average molecular weight is 211 g/mol. The van der Waals surface area contributed by atoms with Gasteiger partial charge in [-0.05, 0) is 26.3 Å². The predicted octanol–water partition coefficient (Wildman–Crippen LogP) is 1.47. The van der Waals surface area contributed by atoms with Gasteiger partial charge in [0.2, 0.25) is 0 Å². The number of carbonyl (C=O) groups excluding carboxylic acids is 1. The van der Waals surface area contributed by atoms with Gasteiger partial charge in [-0.3, -0.25) is 4.79 Å². The molecule has 0 N–H and O–H groups in total. The largest absolute Gasteiger partial charge is 0.380 e. The highest BCUT2D eigenvalue weighted by Gasteiger charge is 2.27. The first kappa shape index (κ1) is 11.1. The van der Waals surface area contributed by atoms with Gasteiger partial charge in [0.15, 0.2) is 0 Å². The molecule has 0 aromatic heterocycles. The molecule has 86 valence electrons. The van der Waals surface area contributed by atoms with Crippen LogP contribution in [0.3, 0.4) is 0 Å². The molecule has 2 atom stereocenters. The molecule has 0 amide bonds. The van der Waals surface area contributed by atoms with Crippen LogP contribution in [0, 0.1) is 5.92 Å². The second-order valence-electron chi connectivity index (χ2n) is 4.87. The number of rotatable bonds is 3. The van der Waals surface area contributed by atoms with Gasteiger partial charge in [0.25, 0.3) is 0 Å². The summed E-state index contributed by atoms with van der Waals surface area (Å²) in [5.74, 6) is 0.774. The van der Waals surface area contributed by atoms with Gasteiger partial charge in [-0.15, -0.1) is 0 Å². The number of ether oxygens (including phenoxy) is 1. The number of Topliss-reactive ketones (excluding diaryl/α,β-unsaturated/α-hetero) is 1. The number of hydrogen-bond acceptors (Lipinski definition) is 3. The topological polar surface area (TPSA) is 29.5 Å². The standard InChI is InChI=1S/C12H21NO2/c1-13(11-6-7-15-9-11)8-10-4-2-3-5-12(10)14/h10-11H,2-9H2,1H3. The molecule has 1 aliphatic carbocycles. The molecule has 1 heterocycles. The summed E-state index contributed by atoms with van der Waals surface area (Å²) in [6.45, 7) is 2.66. The van der Waals surface area contributed by atoms with Gasteiger partial charge in [0.1, 0.15) is 5.78 Å². The van der Waals surface area contributed by atoms with E-state index in [2.05, 4.69) is 11.9 Å². The molecule has 0 radical (unpaired) electrons. The molecule has 3 heteroatoms. The van der Waals surface area contributed by atoms with Crippen molar-refractivity contribution in [2.75, 3.05) is 26.8 Å². The van der Waals surface area contributed by atoms with E-state index in [1.807, 2.05) is 0 Å². The van der Waals surface area contributed by atoms with Gasteiger partial charge in [0, 0.05) is 31.5 Å². The van der Waals surface area contributed by atoms with E-state index in [1.165, 1.54) is 6.42 Å². The maximum absolute atomic E-state index is 11.7. The third-order valence-corrected chi connectivity index (χ3v) is 3.72. The number of nitrogens with zero attached hydrogens (tertiary/aromatic N) is 1. The predicted molar refractivity (Wildman–Crippen MR) is 58.8 cm³/mol. The molecule has 2 fully saturated rings. The van der Waals surface area contributed by atoms with Crippen LogP contribution in [0.4, 0.5) is 0 Å². The number of likely N-dealkylation sites (N-methyl/N-ethyl adjacent to an activating group) is 1. The van der Waals surface area contributed by atoms with Crippen LogP contribution in [0.25, 0.3) is 0 Å². The van der Waals surface area contributed by atoms with E-state index in [4.69, 9.17) is 4.74 Å². The Kier molecular flexibility index (Phi) is 3.76. The van der Waals surface area contributed by atoms with E-state index in [0.717, 1.165) is 45.4 Å². The molecule has 0 spiro atoms. The number of ketones is 1. The minimum absolute atomic E-state index is 0.296. The van der Waals surface area contributed by atoms with Crippen molar-refractivity contribution in [1.29, 1.82) is 0 Å². The van der Waals surface area contributed by atoms with Crippen LogP contribution >= 0.6 is 0 Å². The number of carbonyl (C=O) groups is 1. The summed E-state index contributed by atoms with van der Waals surface area (Å²) in [6, 6.07) is 0.541. The van der Waals surface area contributed by atoms with E-state index in [1.54, 1.807) is 0 Å². The molecule has 0 bridgehead atoms. The Bertz CT molecular complexity index is 224. The normalized spacial score (nSPS) is 32.5. The first-order valence-electron chi connectivity index (χ1n) is 6.08. The Labute approximate surface area is 91.8 Å². The zero-order valence-corrected chi connectivity index (χ0v) is 9.58. The third-order valence-electron chi connectivity index (χ3n) is 3.72. The Morgan fingerprint density at radius 1 is 1.40 bits per heavy atom. The summed E-state index contributed by atoms with van der Waals surface area (Å²) < 4.78 is 5.37. The van der Waals surface area contributed by atoms with Crippen LogP contribution in [-0.2, 0) is 9.53 Å². The highest BCUT2D eigenvalue weighted by atomic mass is 16.5. The molecule has 2 unspecified atom stereocenters. The lowest BCUT2D eigenvalue weighted by Crippen LogP contribution is -2.39. The molecule has 2 aliphatic rings. The van der Waals surface area contributed by atoms with Gasteiger partial charge >= 0.3 is 0 Å². The molecule has 0 aromatic carbocycles. The lowest BCUT2D eigenvalue weighted by molar-refractivity contribution is -0.125. The van der Waals surface area contributed by atoms with Crippen molar-refractivity contribution in [2.45, 2.75) is 38.1 Å². The molecule has 2 rings (SSSR count). The first-order chi connectivity index (χ1) is 7.27. The minimum atomic E-state index is 0.296. The molecule has 1 saturated carbocycles. The van der Waals surface area contributed by atoms with E-state index >= 15 is 0 Å². The van der Waals surface area contributed by atoms with Gasteiger partial charge in [-0.1, -0.05) is 6.42 Å². The van der Waals surface area contributed by atoms with E-state index in [0.29, 0.717) is 17.7 Å². The molecular formula is C12H21NO2. The van der Waals surface area contributed by atoms with Gasteiger partial charge in [-0.2, -0.15) is 0 Å². The summed E-state index contributed by atoms with van der Waals surface area (Å²) in [5, 5.41) is 0. The zero-order valence-electron chi connectivity index (χ0n) is 9.58. The van der Waals surface area contributed by atoms with Crippen molar-refractivity contribution < 1.29 is 9.53 Å². The van der Waals surface area contributed by atoms with Crippen molar-refractivity contribution >= 4 is 5.78 Å². The smallest absolute Gasteiger partial charge is 0.137 e. The van der Waals surface area contributed by atoms with Crippen molar-refractivity contribution in [3.63, 3.8) is 0 Å². The molecule has 1 saturated heterocycles. The van der Waals surface area contributed by atoms with E-state index in [-0.39, 0.29) is 0 Å². The fraction of sp³-hybridized carbons (Fsp3) is 0.917. The van der Waals surface area contributed by atoms with Crippen molar-refractivity contribution in [2.24, 2.45) is 5.92 Å². The summed E-state index contributed by atoms with van der Waals surface area (Å²) in [5.41, 5.74) is 0. The molecule has 15 heavy (non-hydrogen) atoms. The lowest BCUT2D eigenvalue weighted by atomic mass is 9.87. The van der Waals surface area contributed by atoms with Gasteiger partial charge in [-0.25, -0.2) is 0 Å². The number of hydrogen-bond donors (Lipinski definition) is 0. The summed E-state index contributed by atoms with van der Waals surface area (Å²) in [7, 11) is 2.13. The molecule has 1 aliphatic heterocycles. The highest BCUT2D eigenvalue weighted by molar-refractivity contribution is 5.81. The lowest BCUT2D eigenvalue weighted by Gasteiger charge is -2.29. The summed E-state index contributed by atoms with van der Waals surface area (Å²) >= 11 is 0. The molecular weight excluding hydrogens is 190 g/mol. The second-order valence-corrected chi connectivity index (χ2v) is 4.87.